The Bertz CT molecular complexity index is 503. The third-order valence-corrected chi connectivity index (χ3v) is 3.98. The number of carbonyl (C=O) groups is 2. The van der Waals surface area contributed by atoms with Crippen LogP contribution in [0.5, 0.6) is 0 Å². The van der Waals surface area contributed by atoms with E-state index in [2.05, 4.69) is 21.2 Å². The Kier molecular flexibility index (Phi) is 7.43. The standard InChI is InChI=1S/C16H23BrN2O2/c1-4-8-18-15(20)11-19(9-5-2)16(21)13-6-7-14(17)12(3)10-13/h6-7,10H,4-5,8-9,11H2,1-3H3,(H,18,20). The molecule has 0 unspecified atom stereocenters. The van der Waals surface area contributed by atoms with Crippen molar-refractivity contribution in [2.75, 3.05) is 19.6 Å². The summed E-state index contributed by atoms with van der Waals surface area (Å²) in [7, 11) is 0. The third kappa shape index (κ3) is 5.50. The molecule has 0 aliphatic heterocycles. The number of hydrogen-bond donors (Lipinski definition) is 1. The number of aryl methyl sites for hydroxylation is 1. The van der Waals surface area contributed by atoms with E-state index in [1.54, 1.807) is 11.0 Å². The normalized spacial score (nSPS) is 10.3. The van der Waals surface area contributed by atoms with Gasteiger partial charge in [-0.3, -0.25) is 9.59 Å². The van der Waals surface area contributed by atoms with E-state index < -0.39 is 0 Å². The lowest BCUT2D eigenvalue weighted by Crippen LogP contribution is -2.41. The van der Waals surface area contributed by atoms with E-state index in [1.807, 2.05) is 32.9 Å². The largest absolute Gasteiger partial charge is 0.355 e. The monoisotopic (exact) mass is 354 g/mol. The van der Waals surface area contributed by atoms with Crippen LogP contribution < -0.4 is 5.32 Å². The van der Waals surface area contributed by atoms with Gasteiger partial charge in [0.05, 0.1) is 6.54 Å². The van der Waals surface area contributed by atoms with Crippen molar-refractivity contribution >= 4 is 27.7 Å². The van der Waals surface area contributed by atoms with Crippen molar-refractivity contribution in [3.8, 4) is 0 Å². The van der Waals surface area contributed by atoms with E-state index in [4.69, 9.17) is 0 Å². The highest BCUT2D eigenvalue weighted by molar-refractivity contribution is 9.10. The number of benzene rings is 1. The van der Waals surface area contributed by atoms with Gasteiger partial charge in [0.2, 0.25) is 5.91 Å². The van der Waals surface area contributed by atoms with Gasteiger partial charge in [0.15, 0.2) is 0 Å². The molecule has 1 aromatic carbocycles. The summed E-state index contributed by atoms with van der Waals surface area (Å²) in [6, 6.07) is 5.49. The minimum absolute atomic E-state index is 0.0981. The lowest BCUT2D eigenvalue weighted by molar-refractivity contribution is -0.121. The highest BCUT2D eigenvalue weighted by Gasteiger charge is 2.18. The van der Waals surface area contributed by atoms with E-state index in [1.165, 1.54) is 0 Å². The molecule has 2 amide bonds. The first-order valence-corrected chi connectivity index (χ1v) is 8.11. The molecule has 21 heavy (non-hydrogen) atoms. The number of carbonyl (C=O) groups excluding carboxylic acids is 2. The Labute approximate surface area is 135 Å². The van der Waals surface area contributed by atoms with Crippen molar-refractivity contribution < 1.29 is 9.59 Å². The number of nitrogens with zero attached hydrogens (tertiary/aromatic N) is 1. The average Bonchev–Trinajstić information content (AvgIpc) is 2.46. The van der Waals surface area contributed by atoms with E-state index in [0.29, 0.717) is 18.7 Å². The summed E-state index contributed by atoms with van der Waals surface area (Å²) in [6.45, 7) is 7.27. The van der Waals surface area contributed by atoms with Gasteiger partial charge in [-0.2, -0.15) is 0 Å². The topological polar surface area (TPSA) is 49.4 Å². The average molecular weight is 355 g/mol. The lowest BCUT2D eigenvalue weighted by Gasteiger charge is -2.22. The third-order valence-electron chi connectivity index (χ3n) is 3.09. The molecule has 0 heterocycles. The first kappa shape index (κ1) is 17.7. The van der Waals surface area contributed by atoms with Crippen molar-refractivity contribution in [3.05, 3.63) is 33.8 Å². The van der Waals surface area contributed by atoms with Crippen LogP contribution >= 0.6 is 15.9 Å². The van der Waals surface area contributed by atoms with Gasteiger partial charge in [0.25, 0.3) is 5.91 Å². The Hall–Kier alpha value is -1.36. The molecular weight excluding hydrogens is 332 g/mol. The molecule has 0 fully saturated rings. The molecule has 0 spiro atoms. The fourth-order valence-electron chi connectivity index (χ4n) is 1.98. The fourth-order valence-corrected chi connectivity index (χ4v) is 2.22. The molecule has 0 atom stereocenters. The Balaban J connectivity index is 2.81. The van der Waals surface area contributed by atoms with Crippen LogP contribution in [0.3, 0.4) is 0 Å². The van der Waals surface area contributed by atoms with Crippen LogP contribution in [0, 0.1) is 6.92 Å². The van der Waals surface area contributed by atoms with Crippen molar-refractivity contribution in [3.63, 3.8) is 0 Å². The molecule has 0 bridgehead atoms. The molecule has 4 nitrogen and oxygen atoms in total. The molecule has 0 saturated heterocycles. The first-order chi connectivity index (χ1) is 9.99. The van der Waals surface area contributed by atoms with Gasteiger partial charge in [0, 0.05) is 23.1 Å². The number of nitrogens with one attached hydrogen (secondary N) is 1. The summed E-state index contributed by atoms with van der Waals surface area (Å²) in [5, 5.41) is 2.81. The highest BCUT2D eigenvalue weighted by atomic mass is 79.9. The molecule has 1 aromatic rings. The molecule has 0 aliphatic rings. The number of halogens is 1. The van der Waals surface area contributed by atoms with E-state index >= 15 is 0 Å². The molecule has 1 rings (SSSR count). The van der Waals surface area contributed by atoms with Gasteiger partial charge in [-0.05, 0) is 43.5 Å². The second-order valence-electron chi connectivity index (χ2n) is 5.04. The highest BCUT2D eigenvalue weighted by Crippen LogP contribution is 2.18. The molecule has 0 aliphatic carbocycles. The second-order valence-corrected chi connectivity index (χ2v) is 5.89. The molecule has 0 saturated carbocycles. The molecular formula is C16H23BrN2O2. The minimum atomic E-state index is -0.104. The van der Waals surface area contributed by atoms with Crippen LogP contribution in [0.1, 0.15) is 42.6 Å². The summed E-state index contributed by atoms with van der Waals surface area (Å²) in [5.74, 6) is -0.202. The van der Waals surface area contributed by atoms with Crippen molar-refractivity contribution in [1.29, 1.82) is 0 Å². The summed E-state index contributed by atoms with van der Waals surface area (Å²) in [4.78, 5) is 26.0. The number of amides is 2. The lowest BCUT2D eigenvalue weighted by atomic mass is 10.1. The number of rotatable bonds is 7. The van der Waals surface area contributed by atoms with Gasteiger partial charge < -0.3 is 10.2 Å². The second kappa shape index (κ2) is 8.82. The van der Waals surface area contributed by atoms with Crippen molar-refractivity contribution in [2.45, 2.75) is 33.6 Å². The predicted octanol–water partition coefficient (Wildman–Crippen LogP) is 3.14. The van der Waals surface area contributed by atoms with E-state index in [-0.39, 0.29) is 18.4 Å². The van der Waals surface area contributed by atoms with Gasteiger partial charge in [-0.1, -0.05) is 29.8 Å². The summed E-state index contributed by atoms with van der Waals surface area (Å²) in [6.07, 6.45) is 1.71. The quantitative estimate of drug-likeness (QED) is 0.817. The maximum atomic E-state index is 12.5. The van der Waals surface area contributed by atoms with E-state index in [0.717, 1.165) is 22.9 Å². The van der Waals surface area contributed by atoms with Crippen LogP contribution in [0.2, 0.25) is 0 Å². The van der Waals surface area contributed by atoms with Crippen LogP contribution in [-0.4, -0.2) is 36.3 Å². The number of hydrogen-bond acceptors (Lipinski definition) is 2. The summed E-state index contributed by atoms with van der Waals surface area (Å²) < 4.78 is 0.974. The smallest absolute Gasteiger partial charge is 0.254 e. The molecule has 5 heteroatoms. The van der Waals surface area contributed by atoms with Crippen LogP contribution in [0.15, 0.2) is 22.7 Å². The van der Waals surface area contributed by atoms with Gasteiger partial charge in [-0.25, -0.2) is 0 Å². The van der Waals surface area contributed by atoms with Gasteiger partial charge in [-0.15, -0.1) is 0 Å². The van der Waals surface area contributed by atoms with Crippen LogP contribution in [0.4, 0.5) is 0 Å². The zero-order chi connectivity index (χ0) is 15.8. The first-order valence-electron chi connectivity index (χ1n) is 7.31. The Morgan fingerprint density at radius 3 is 2.52 bits per heavy atom. The van der Waals surface area contributed by atoms with Crippen molar-refractivity contribution in [2.24, 2.45) is 0 Å². The molecule has 0 radical (unpaired) electrons. The molecule has 1 N–H and O–H groups in total. The molecule has 0 aromatic heterocycles. The zero-order valence-electron chi connectivity index (χ0n) is 12.9. The molecule has 116 valence electrons. The Morgan fingerprint density at radius 2 is 1.95 bits per heavy atom. The van der Waals surface area contributed by atoms with Crippen LogP contribution in [-0.2, 0) is 4.79 Å². The van der Waals surface area contributed by atoms with E-state index in [9.17, 15) is 9.59 Å². The SMILES string of the molecule is CCCNC(=O)CN(CCC)C(=O)c1ccc(Br)c(C)c1. The van der Waals surface area contributed by atoms with Crippen molar-refractivity contribution in [1.82, 2.24) is 10.2 Å². The predicted molar refractivity (Wildman–Crippen MR) is 88.4 cm³/mol. The van der Waals surface area contributed by atoms with Gasteiger partial charge >= 0.3 is 0 Å². The van der Waals surface area contributed by atoms with Gasteiger partial charge in [0.1, 0.15) is 0 Å². The Morgan fingerprint density at radius 1 is 1.24 bits per heavy atom. The fraction of sp³-hybridized carbons (Fsp3) is 0.500. The summed E-state index contributed by atoms with van der Waals surface area (Å²) in [5.41, 5.74) is 1.63. The van der Waals surface area contributed by atoms with Crippen LogP contribution in [0.25, 0.3) is 0 Å². The minimum Gasteiger partial charge on any atom is -0.355 e. The summed E-state index contributed by atoms with van der Waals surface area (Å²) >= 11 is 3.43. The maximum Gasteiger partial charge on any atom is 0.254 e. The zero-order valence-corrected chi connectivity index (χ0v) is 14.5. The maximum absolute atomic E-state index is 12.5.